The van der Waals surface area contributed by atoms with E-state index in [0.717, 1.165) is 30.5 Å². The van der Waals surface area contributed by atoms with Crippen molar-refractivity contribution in [2.45, 2.75) is 57.1 Å². The molecule has 0 amide bonds. The van der Waals surface area contributed by atoms with Crippen LogP contribution in [0.4, 0.5) is 0 Å². The van der Waals surface area contributed by atoms with Crippen LogP contribution in [0.2, 0.25) is 0 Å². The summed E-state index contributed by atoms with van der Waals surface area (Å²) in [6.45, 7) is 3.28. The molecule has 1 N–H and O–H groups in total. The number of aliphatic hydroxyl groups is 1. The summed E-state index contributed by atoms with van der Waals surface area (Å²) >= 11 is 0. The topological polar surface area (TPSA) is 118 Å². The van der Waals surface area contributed by atoms with Gasteiger partial charge in [-0.1, -0.05) is 91.0 Å². The summed E-state index contributed by atoms with van der Waals surface area (Å²) in [5.41, 5.74) is 1.33. The lowest BCUT2D eigenvalue weighted by atomic mass is 9.80. The summed E-state index contributed by atoms with van der Waals surface area (Å²) in [5.74, 6) is -2.15. The molecule has 0 aliphatic carbocycles. The fourth-order valence-corrected chi connectivity index (χ4v) is 4.98. The van der Waals surface area contributed by atoms with Gasteiger partial charge in [0, 0.05) is 20.8 Å². The Morgan fingerprint density at radius 1 is 0.650 bits per heavy atom. The number of hydrogen-bond acceptors (Lipinski definition) is 9. The Balaban J connectivity index is 1.79. The molecule has 3 aromatic rings. The van der Waals surface area contributed by atoms with E-state index in [1.165, 1.54) is 6.92 Å². The standard InChI is InChI=1S/C31H32O9/c1-20(32)37-27-26(40-30(35)29(39-22(3)34)28(27)38-21(2)33)19-36-31(23-13-7-4-8-14-23,24-15-9-5-10-16-24)25-17-11-6-12-18-25/h4-18,26-30,35H,19H2,1-3H3/t26-,27-,28+,29-,30-/m0/s1. The van der Waals surface area contributed by atoms with Crippen molar-refractivity contribution in [1.29, 1.82) is 0 Å². The average molecular weight is 549 g/mol. The first-order valence-corrected chi connectivity index (χ1v) is 12.9. The summed E-state index contributed by atoms with van der Waals surface area (Å²) in [6.07, 6.45) is -6.82. The molecular weight excluding hydrogens is 516 g/mol. The number of hydrogen-bond donors (Lipinski definition) is 1. The van der Waals surface area contributed by atoms with Gasteiger partial charge in [-0.2, -0.15) is 0 Å². The molecule has 0 bridgehead atoms. The van der Waals surface area contributed by atoms with Gasteiger partial charge in [-0.3, -0.25) is 14.4 Å². The van der Waals surface area contributed by atoms with E-state index in [1.807, 2.05) is 91.0 Å². The second-order valence-corrected chi connectivity index (χ2v) is 9.38. The molecule has 0 spiro atoms. The first-order chi connectivity index (χ1) is 19.2. The van der Waals surface area contributed by atoms with Gasteiger partial charge in [0.2, 0.25) is 0 Å². The highest BCUT2D eigenvalue weighted by atomic mass is 16.7. The van der Waals surface area contributed by atoms with Crippen LogP contribution in [0.15, 0.2) is 91.0 Å². The third kappa shape index (κ3) is 6.39. The van der Waals surface area contributed by atoms with Crippen LogP contribution in [0.1, 0.15) is 37.5 Å². The average Bonchev–Trinajstić information content (AvgIpc) is 2.94. The highest BCUT2D eigenvalue weighted by Crippen LogP contribution is 2.41. The Labute approximate surface area is 232 Å². The molecule has 1 fully saturated rings. The van der Waals surface area contributed by atoms with Crippen LogP contribution in [0.3, 0.4) is 0 Å². The molecule has 4 rings (SSSR count). The quantitative estimate of drug-likeness (QED) is 0.244. The molecule has 1 aliphatic heterocycles. The number of aliphatic hydroxyl groups excluding tert-OH is 1. The summed E-state index contributed by atoms with van der Waals surface area (Å²) < 4.78 is 28.8. The van der Waals surface area contributed by atoms with Crippen molar-refractivity contribution in [1.82, 2.24) is 0 Å². The lowest BCUT2D eigenvalue weighted by Crippen LogP contribution is -2.62. The molecule has 40 heavy (non-hydrogen) atoms. The smallest absolute Gasteiger partial charge is 0.303 e. The molecule has 9 heteroatoms. The monoisotopic (exact) mass is 548 g/mol. The summed E-state index contributed by atoms with van der Waals surface area (Å²) in [5, 5.41) is 10.8. The van der Waals surface area contributed by atoms with Crippen molar-refractivity contribution in [3.05, 3.63) is 108 Å². The lowest BCUT2D eigenvalue weighted by molar-refractivity contribution is -0.299. The molecule has 9 nitrogen and oxygen atoms in total. The minimum Gasteiger partial charge on any atom is -0.456 e. The van der Waals surface area contributed by atoms with Gasteiger partial charge in [0.15, 0.2) is 24.6 Å². The van der Waals surface area contributed by atoms with E-state index in [2.05, 4.69) is 0 Å². The largest absolute Gasteiger partial charge is 0.456 e. The first kappa shape index (κ1) is 28.9. The summed E-state index contributed by atoms with van der Waals surface area (Å²) in [6, 6.07) is 28.8. The molecule has 1 aliphatic rings. The highest BCUT2D eigenvalue weighted by molar-refractivity contribution is 5.68. The molecule has 3 aromatic carbocycles. The second-order valence-electron chi connectivity index (χ2n) is 9.38. The maximum Gasteiger partial charge on any atom is 0.303 e. The van der Waals surface area contributed by atoms with Gasteiger partial charge in [-0.05, 0) is 16.7 Å². The Hall–Kier alpha value is -4.05. The van der Waals surface area contributed by atoms with Crippen LogP contribution >= 0.6 is 0 Å². The summed E-state index contributed by atoms with van der Waals surface area (Å²) in [4.78, 5) is 35.9. The summed E-state index contributed by atoms with van der Waals surface area (Å²) in [7, 11) is 0. The Kier molecular flexibility index (Phi) is 9.31. The van der Waals surface area contributed by atoms with E-state index in [4.69, 9.17) is 23.7 Å². The van der Waals surface area contributed by atoms with Crippen LogP contribution in [0.25, 0.3) is 0 Å². The minimum absolute atomic E-state index is 0.210. The molecular formula is C31H32O9. The zero-order chi connectivity index (χ0) is 28.7. The van der Waals surface area contributed by atoms with E-state index in [1.54, 1.807) is 0 Å². The fraction of sp³-hybridized carbons (Fsp3) is 0.323. The van der Waals surface area contributed by atoms with Crippen LogP contribution in [0, 0.1) is 0 Å². The normalized spacial score (nSPS) is 22.6. The van der Waals surface area contributed by atoms with Crippen LogP contribution in [0.5, 0.6) is 0 Å². The van der Waals surface area contributed by atoms with Gasteiger partial charge in [-0.15, -0.1) is 0 Å². The number of benzene rings is 3. The first-order valence-electron chi connectivity index (χ1n) is 12.9. The third-order valence-corrected chi connectivity index (χ3v) is 6.52. The van der Waals surface area contributed by atoms with Crippen LogP contribution in [-0.2, 0) is 43.7 Å². The van der Waals surface area contributed by atoms with Gasteiger partial charge < -0.3 is 28.8 Å². The third-order valence-electron chi connectivity index (χ3n) is 6.52. The highest BCUT2D eigenvalue weighted by Gasteiger charge is 2.52. The number of esters is 3. The van der Waals surface area contributed by atoms with Gasteiger partial charge in [0.25, 0.3) is 0 Å². The second kappa shape index (κ2) is 12.9. The Morgan fingerprint density at radius 2 is 1.02 bits per heavy atom. The SMILES string of the molecule is CC(=O)O[C@@H]1[C@@H](OC(C)=O)[C@H](COC(c2ccccc2)(c2ccccc2)c2ccccc2)O[C@H](O)[C@H]1OC(C)=O. The molecule has 1 heterocycles. The van der Waals surface area contributed by atoms with Crippen molar-refractivity contribution < 1.29 is 43.2 Å². The lowest BCUT2D eigenvalue weighted by Gasteiger charge is -2.44. The predicted octanol–water partition coefficient (Wildman–Crippen LogP) is 3.51. The number of carbonyl (C=O) groups excluding carboxylic acids is 3. The zero-order valence-corrected chi connectivity index (χ0v) is 22.5. The van der Waals surface area contributed by atoms with Gasteiger partial charge >= 0.3 is 17.9 Å². The van der Waals surface area contributed by atoms with Crippen molar-refractivity contribution in [2.24, 2.45) is 0 Å². The predicted molar refractivity (Wildman–Crippen MR) is 143 cm³/mol. The van der Waals surface area contributed by atoms with Gasteiger partial charge in [0.05, 0.1) is 6.61 Å². The maximum absolute atomic E-state index is 12.1. The number of ether oxygens (including phenoxy) is 5. The van der Waals surface area contributed by atoms with Crippen molar-refractivity contribution in [2.75, 3.05) is 6.61 Å². The molecule has 5 atom stereocenters. The number of carbonyl (C=O) groups is 3. The Bertz CT molecular complexity index is 1180. The fourth-order valence-electron chi connectivity index (χ4n) is 4.98. The number of rotatable bonds is 9. The molecule has 0 radical (unpaired) electrons. The molecule has 0 aromatic heterocycles. The molecule has 1 saturated heterocycles. The van der Waals surface area contributed by atoms with E-state index < -0.39 is 54.2 Å². The molecule has 0 unspecified atom stereocenters. The maximum atomic E-state index is 12.1. The molecule has 210 valence electrons. The Morgan fingerprint density at radius 3 is 1.43 bits per heavy atom. The van der Waals surface area contributed by atoms with E-state index in [9.17, 15) is 19.5 Å². The molecule has 0 saturated carbocycles. The van der Waals surface area contributed by atoms with Crippen LogP contribution < -0.4 is 0 Å². The van der Waals surface area contributed by atoms with Crippen molar-refractivity contribution in [3.8, 4) is 0 Å². The van der Waals surface area contributed by atoms with E-state index in [0.29, 0.717) is 0 Å². The van der Waals surface area contributed by atoms with E-state index in [-0.39, 0.29) is 6.61 Å². The van der Waals surface area contributed by atoms with E-state index >= 15 is 0 Å². The van der Waals surface area contributed by atoms with Gasteiger partial charge in [-0.25, -0.2) is 0 Å². The zero-order valence-electron chi connectivity index (χ0n) is 22.5. The van der Waals surface area contributed by atoms with Crippen molar-refractivity contribution in [3.63, 3.8) is 0 Å². The van der Waals surface area contributed by atoms with Gasteiger partial charge in [0.1, 0.15) is 11.7 Å². The minimum atomic E-state index is -1.69. The van der Waals surface area contributed by atoms with Crippen molar-refractivity contribution >= 4 is 17.9 Å². The van der Waals surface area contributed by atoms with Crippen LogP contribution in [-0.4, -0.2) is 60.3 Å².